The van der Waals surface area contributed by atoms with Crippen molar-refractivity contribution in [3.63, 3.8) is 0 Å². The van der Waals surface area contributed by atoms with Crippen LogP contribution in [0.25, 0.3) is 21.5 Å². The Hall–Kier alpha value is -2.70. The SMILES string of the molecule is c1csc(-c2nnc(COc3ccc4ccccc4c3C[NH+]3CCCCC3)o2)c1. The number of rotatable bonds is 6. The zero-order valence-corrected chi connectivity index (χ0v) is 17.1. The second-order valence-corrected chi connectivity index (χ2v) is 8.47. The van der Waals surface area contributed by atoms with E-state index in [0.717, 1.165) is 17.2 Å². The van der Waals surface area contributed by atoms with Crippen molar-refractivity contribution in [3.05, 3.63) is 65.4 Å². The molecular weight excluding hydrogens is 382 g/mol. The van der Waals surface area contributed by atoms with E-state index < -0.39 is 0 Å². The zero-order valence-electron chi connectivity index (χ0n) is 16.3. The van der Waals surface area contributed by atoms with Gasteiger partial charge >= 0.3 is 0 Å². The molecule has 148 valence electrons. The average Bonchev–Trinajstić information content (AvgIpc) is 3.46. The van der Waals surface area contributed by atoms with E-state index in [1.165, 1.54) is 48.7 Å². The highest BCUT2D eigenvalue weighted by atomic mass is 32.1. The summed E-state index contributed by atoms with van der Waals surface area (Å²) in [7, 11) is 0. The number of aromatic nitrogens is 2. The number of likely N-dealkylation sites (tertiary alicyclic amines) is 1. The topological polar surface area (TPSA) is 52.6 Å². The molecule has 1 aliphatic rings. The molecule has 0 atom stereocenters. The van der Waals surface area contributed by atoms with E-state index in [1.54, 1.807) is 16.2 Å². The Bertz CT molecular complexity index is 1080. The van der Waals surface area contributed by atoms with Crippen molar-refractivity contribution in [2.24, 2.45) is 0 Å². The molecule has 0 saturated carbocycles. The molecular formula is C23H24N3O2S+. The van der Waals surface area contributed by atoms with Crippen LogP contribution in [0.1, 0.15) is 30.7 Å². The van der Waals surface area contributed by atoms with Crippen molar-refractivity contribution in [2.45, 2.75) is 32.4 Å². The smallest absolute Gasteiger partial charge is 0.257 e. The van der Waals surface area contributed by atoms with E-state index in [9.17, 15) is 0 Å². The van der Waals surface area contributed by atoms with Crippen LogP contribution in [0.15, 0.2) is 58.3 Å². The Morgan fingerprint density at radius 3 is 2.72 bits per heavy atom. The monoisotopic (exact) mass is 406 g/mol. The van der Waals surface area contributed by atoms with Gasteiger partial charge in [-0.25, -0.2) is 0 Å². The van der Waals surface area contributed by atoms with Gasteiger partial charge in [-0.05, 0) is 47.5 Å². The van der Waals surface area contributed by atoms with Crippen molar-refractivity contribution in [3.8, 4) is 16.5 Å². The molecule has 1 aliphatic heterocycles. The zero-order chi connectivity index (χ0) is 19.5. The van der Waals surface area contributed by atoms with Gasteiger partial charge in [-0.3, -0.25) is 0 Å². The van der Waals surface area contributed by atoms with Crippen LogP contribution < -0.4 is 9.64 Å². The first-order valence-corrected chi connectivity index (χ1v) is 11.1. The summed E-state index contributed by atoms with van der Waals surface area (Å²) in [5, 5.41) is 12.8. The lowest BCUT2D eigenvalue weighted by atomic mass is 10.0. The van der Waals surface area contributed by atoms with Crippen molar-refractivity contribution in [1.82, 2.24) is 10.2 Å². The van der Waals surface area contributed by atoms with E-state index in [0.29, 0.717) is 11.8 Å². The molecule has 6 heteroatoms. The Morgan fingerprint density at radius 2 is 1.86 bits per heavy atom. The molecule has 1 fully saturated rings. The number of quaternary nitrogens is 1. The maximum Gasteiger partial charge on any atom is 0.257 e. The Labute approximate surface area is 173 Å². The molecule has 3 heterocycles. The number of benzene rings is 2. The molecule has 0 spiro atoms. The van der Waals surface area contributed by atoms with Crippen LogP contribution in [0.5, 0.6) is 5.75 Å². The van der Waals surface area contributed by atoms with Crippen LogP contribution in [0, 0.1) is 0 Å². The molecule has 0 unspecified atom stereocenters. The van der Waals surface area contributed by atoms with Crippen LogP contribution in [0.4, 0.5) is 0 Å². The lowest BCUT2D eigenvalue weighted by Gasteiger charge is -2.25. The predicted molar refractivity (Wildman–Crippen MR) is 114 cm³/mol. The van der Waals surface area contributed by atoms with Crippen LogP contribution in [0.2, 0.25) is 0 Å². The molecule has 1 saturated heterocycles. The Morgan fingerprint density at radius 1 is 0.966 bits per heavy atom. The summed E-state index contributed by atoms with van der Waals surface area (Å²) in [6.45, 7) is 3.73. The molecule has 29 heavy (non-hydrogen) atoms. The number of hydrogen-bond acceptors (Lipinski definition) is 5. The number of nitrogens with zero attached hydrogens (tertiary/aromatic N) is 2. The minimum Gasteiger partial charge on any atom is -0.483 e. The van der Waals surface area contributed by atoms with Gasteiger partial charge in [0.15, 0.2) is 6.61 Å². The summed E-state index contributed by atoms with van der Waals surface area (Å²) in [5.74, 6) is 1.96. The molecule has 2 aromatic heterocycles. The van der Waals surface area contributed by atoms with Gasteiger partial charge in [0.2, 0.25) is 0 Å². The minimum atomic E-state index is 0.277. The van der Waals surface area contributed by atoms with Crippen molar-refractivity contribution >= 4 is 22.1 Å². The largest absolute Gasteiger partial charge is 0.483 e. The molecule has 0 amide bonds. The molecule has 1 N–H and O–H groups in total. The summed E-state index contributed by atoms with van der Waals surface area (Å²) in [6.07, 6.45) is 3.97. The molecule has 0 bridgehead atoms. The standard InChI is InChI=1S/C23H23N3O2S/c1-4-12-26(13-5-1)15-19-18-8-3-2-7-17(18)10-11-20(19)27-16-22-24-25-23(28-22)21-9-6-14-29-21/h2-3,6-11,14H,1,4-5,12-13,15-16H2/p+1. The van der Waals surface area contributed by atoms with Crippen molar-refractivity contribution in [1.29, 1.82) is 0 Å². The quantitative estimate of drug-likeness (QED) is 0.524. The van der Waals surface area contributed by atoms with Gasteiger partial charge in [0.25, 0.3) is 11.8 Å². The maximum atomic E-state index is 6.20. The molecule has 0 radical (unpaired) electrons. The summed E-state index contributed by atoms with van der Waals surface area (Å²) in [4.78, 5) is 2.61. The average molecular weight is 407 g/mol. The lowest BCUT2D eigenvalue weighted by molar-refractivity contribution is -0.918. The fourth-order valence-electron chi connectivity index (χ4n) is 4.06. The van der Waals surface area contributed by atoms with E-state index in [-0.39, 0.29) is 6.61 Å². The van der Waals surface area contributed by atoms with Crippen molar-refractivity contribution < 1.29 is 14.1 Å². The van der Waals surface area contributed by atoms with Gasteiger partial charge in [-0.1, -0.05) is 36.4 Å². The fourth-order valence-corrected chi connectivity index (χ4v) is 4.71. The van der Waals surface area contributed by atoms with Gasteiger partial charge in [0, 0.05) is 0 Å². The molecule has 5 nitrogen and oxygen atoms in total. The minimum absolute atomic E-state index is 0.277. The number of fused-ring (bicyclic) bond motifs is 1. The van der Waals surface area contributed by atoms with Crippen LogP contribution >= 0.6 is 11.3 Å². The third kappa shape index (κ3) is 4.04. The predicted octanol–water partition coefficient (Wildman–Crippen LogP) is 4.10. The molecule has 5 rings (SSSR count). The number of hydrogen-bond donors (Lipinski definition) is 1. The second kappa shape index (κ2) is 8.35. The highest BCUT2D eigenvalue weighted by Gasteiger charge is 2.19. The molecule has 2 aromatic carbocycles. The lowest BCUT2D eigenvalue weighted by Crippen LogP contribution is -3.11. The van der Waals surface area contributed by atoms with E-state index >= 15 is 0 Å². The second-order valence-electron chi connectivity index (χ2n) is 7.52. The first kappa shape index (κ1) is 18.3. The van der Waals surface area contributed by atoms with E-state index in [1.807, 2.05) is 17.5 Å². The van der Waals surface area contributed by atoms with Gasteiger partial charge in [-0.2, -0.15) is 0 Å². The van der Waals surface area contributed by atoms with Gasteiger partial charge in [0.1, 0.15) is 12.3 Å². The van der Waals surface area contributed by atoms with Crippen LogP contribution in [-0.4, -0.2) is 23.3 Å². The van der Waals surface area contributed by atoms with E-state index in [2.05, 4.69) is 46.6 Å². The van der Waals surface area contributed by atoms with Crippen LogP contribution in [-0.2, 0) is 13.2 Å². The number of nitrogens with one attached hydrogen (secondary N) is 1. The van der Waals surface area contributed by atoms with Gasteiger partial charge in [0.05, 0.1) is 23.5 Å². The number of piperidine rings is 1. The number of ether oxygens (including phenoxy) is 1. The maximum absolute atomic E-state index is 6.20. The van der Waals surface area contributed by atoms with Gasteiger partial charge in [-0.15, -0.1) is 21.5 Å². The Balaban J connectivity index is 1.39. The third-order valence-corrected chi connectivity index (χ3v) is 6.39. The summed E-state index contributed by atoms with van der Waals surface area (Å²) >= 11 is 1.59. The van der Waals surface area contributed by atoms with E-state index in [4.69, 9.17) is 9.15 Å². The highest BCUT2D eigenvalue weighted by Crippen LogP contribution is 2.29. The summed E-state index contributed by atoms with van der Waals surface area (Å²) in [6, 6.07) is 16.7. The Kier molecular flexibility index (Phi) is 5.28. The summed E-state index contributed by atoms with van der Waals surface area (Å²) in [5.41, 5.74) is 1.28. The van der Waals surface area contributed by atoms with Crippen molar-refractivity contribution in [2.75, 3.05) is 13.1 Å². The normalized spacial score (nSPS) is 15.0. The third-order valence-electron chi connectivity index (χ3n) is 5.53. The first-order valence-electron chi connectivity index (χ1n) is 10.2. The number of thiophene rings is 1. The first-order chi connectivity index (χ1) is 14.4. The molecule has 4 aromatic rings. The summed E-state index contributed by atoms with van der Waals surface area (Å²) < 4.78 is 12.0. The molecule has 0 aliphatic carbocycles. The van der Waals surface area contributed by atoms with Gasteiger partial charge < -0.3 is 14.1 Å². The van der Waals surface area contributed by atoms with Crippen LogP contribution in [0.3, 0.4) is 0 Å². The highest BCUT2D eigenvalue weighted by molar-refractivity contribution is 7.13. The fraction of sp³-hybridized carbons (Fsp3) is 0.304.